The van der Waals surface area contributed by atoms with Gasteiger partial charge in [0.15, 0.2) is 5.65 Å². The largest absolute Gasteiger partial charge is 0.377 e. The number of nitrogens with zero attached hydrogens (tertiary/aromatic N) is 7. The van der Waals surface area contributed by atoms with Gasteiger partial charge in [0.05, 0.1) is 61.7 Å². The molecule has 10 heteroatoms. The second-order valence-corrected chi connectivity index (χ2v) is 9.27. The fraction of sp³-hybridized carbons (Fsp3) is 0.440. The monoisotopic (exact) mass is 473 g/mol. The first-order valence-corrected chi connectivity index (χ1v) is 12.0. The van der Waals surface area contributed by atoms with Crippen LogP contribution in [0.15, 0.2) is 52.4 Å². The third-order valence-corrected chi connectivity index (χ3v) is 6.88. The molecule has 2 aromatic heterocycles. The van der Waals surface area contributed by atoms with Crippen LogP contribution in [0.4, 0.5) is 11.8 Å². The van der Waals surface area contributed by atoms with Crippen molar-refractivity contribution in [1.29, 1.82) is 0 Å². The molecule has 1 aliphatic carbocycles. The van der Waals surface area contributed by atoms with Gasteiger partial charge in [0.25, 0.3) is 5.91 Å². The number of anilines is 2. The number of rotatable bonds is 3. The van der Waals surface area contributed by atoms with Crippen LogP contribution in [-0.4, -0.2) is 72.5 Å². The van der Waals surface area contributed by atoms with Crippen molar-refractivity contribution in [3.63, 3.8) is 0 Å². The minimum atomic E-state index is -0.426. The topological polar surface area (TPSA) is 105 Å². The summed E-state index contributed by atoms with van der Waals surface area (Å²) in [6, 6.07) is 4.36. The molecule has 6 rings (SSSR count). The molecule has 4 aliphatic rings. The Morgan fingerprint density at radius 3 is 2.49 bits per heavy atom. The summed E-state index contributed by atoms with van der Waals surface area (Å²) >= 11 is 0. The summed E-state index contributed by atoms with van der Waals surface area (Å²) in [6.07, 6.45) is 7.39. The predicted molar refractivity (Wildman–Crippen MR) is 131 cm³/mol. The van der Waals surface area contributed by atoms with Crippen molar-refractivity contribution < 1.29 is 14.3 Å². The fourth-order valence-electron chi connectivity index (χ4n) is 4.90. The highest BCUT2D eigenvalue weighted by molar-refractivity contribution is 5.93. The second-order valence-electron chi connectivity index (χ2n) is 9.27. The lowest BCUT2D eigenvalue weighted by Crippen LogP contribution is -2.46. The van der Waals surface area contributed by atoms with Gasteiger partial charge in [-0.25, -0.2) is 4.98 Å². The molecule has 5 heterocycles. The standard InChI is InChI=1S/C25H27N7O3/c1-15-13-34-9-7-31(15)23-19-5-6-21(17-3-4-18-12-26-30-24(33)20(18)11-17)27-22(19)28-25(29-23)32-8-10-35-14-16(32)2/h3-6,11-12,15-16,20H,7-10,13-14H2,1-2H3/t15-,16-,20?/m0/s1. The Labute approximate surface area is 203 Å². The van der Waals surface area contributed by atoms with Crippen LogP contribution < -0.4 is 9.80 Å². The van der Waals surface area contributed by atoms with E-state index in [-0.39, 0.29) is 18.0 Å². The van der Waals surface area contributed by atoms with E-state index in [1.807, 2.05) is 30.4 Å². The van der Waals surface area contributed by atoms with Crippen molar-refractivity contribution in [3.05, 3.63) is 47.8 Å². The summed E-state index contributed by atoms with van der Waals surface area (Å²) in [5.74, 6) is 0.845. The number of aromatic nitrogens is 3. The third kappa shape index (κ3) is 4.02. The van der Waals surface area contributed by atoms with E-state index in [1.54, 1.807) is 6.20 Å². The summed E-state index contributed by atoms with van der Waals surface area (Å²) in [6.45, 7) is 8.34. The van der Waals surface area contributed by atoms with Crippen molar-refractivity contribution >= 4 is 34.3 Å². The molecule has 0 spiro atoms. The van der Waals surface area contributed by atoms with Crippen molar-refractivity contribution in [2.75, 3.05) is 49.3 Å². The summed E-state index contributed by atoms with van der Waals surface area (Å²) in [7, 11) is 0. The van der Waals surface area contributed by atoms with Crippen LogP contribution in [0.3, 0.4) is 0 Å². The molecule has 35 heavy (non-hydrogen) atoms. The maximum atomic E-state index is 12.3. The quantitative estimate of drug-likeness (QED) is 0.670. The molecule has 2 aromatic rings. The van der Waals surface area contributed by atoms with Gasteiger partial charge in [-0.3, -0.25) is 4.79 Å². The number of allylic oxidation sites excluding steroid dienone is 3. The van der Waals surface area contributed by atoms with Crippen LogP contribution in [0, 0.1) is 5.92 Å². The Morgan fingerprint density at radius 1 is 0.943 bits per heavy atom. The average molecular weight is 474 g/mol. The number of azo groups is 1. The lowest BCUT2D eigenvalue weighted by Gasteiger charge is -2.37. The number of amides is 1. The van der Waals surface area contributed by atoms with Crippen LogP contribution in [0.2, 0.25) is 0 Å². The smallest absolute Gasteiger partial charge is 0.275 e. The molecule has 0 N–H and O–H groups in total. The molecule has 0 radical (unpaired) electrons. The summed E-state index contributed by atoms with van der Waals surface area (Å²) in [5, 5.41) is 8.37. The van der Waals surface area contributed by atoms with E-state index < -0.39 is 5.92 Å². The van der Waals surface area contributed by atoms with Crippen molar-refractivity contribution in [2.45, 2.75) is 25.9 Å². The first-order chi connectivity index (χ1) is 17.1. The number of hydrogen-bond donors (Lipinski definition) is 0. The Morgan fingerprint density at radius 2 is 1.71 bits per heavy atom. The van der Waals surface area contributed by atoms with E-state index in [1.165, 1.54) is 0 Å². The maximum absolute atomic E-state index is 12.3. The average Bonchev–Trinajstić information content (AvgIpc) is 2.88. The van der Waals surface area contributed by atoms with Gasteiger partial charge in [-0.15, -0.1) is 5.11 Å². The molecule has 3 atom stereocenters. The number of pyridine rings is 1. The van der Waals surface area contributed by atoms with Gasteiger partial charge in [-0.1, -0.05) is 18.2 Å². The Balaban J connectivity index is 1.45. The van der Waals surface area contributed by atoms with Gasteiger partial charge in [0.1, 0.15) is 5.82 Å². The van der Waals surface area contributed by atoms with E-state index in [0.717, 1.165) is 41.1 Å². The first-order valence-electron chi connectivity index (χ1n) is 12.0. The van der Waals surface area contributed by atoms with Gasteiger partial charge >= 0.3 is 0 Å². The number of carbonyl (C=O) groups is 1. The van der Waals surface area contributed by atoms with E-state index in [2.05, 4.69) is 33.9 Å². The van der Waals surface area contributed by atoms with Crippen LogP contribution >= 0.6 is 0 Å². The number of morpholine rings is 2. The molecule has 2 fully saturated rings. The zero-order valence-electron chi connectivity index (χ0n) is 19.8. The van der Waals surface area contributed by atoms with E-state index >= 15 is 0 Å². The Kier molecular flexibility index (Phi) is 5.62. The van der Waals surface area contributed by atoms with Gasteiger partial charge in [0, 0.05) is 13.1 Å². The van der Waals surface area contributed by atoms with Crippen LogP contribution in [0.1, 0.15) is 19.5 Å². The van der Waals surface area contributed by atoms with Gasteiger partial charge < -0.3 is 19.3 Å². The molecule has 180 valence electrons. The third-order valence-electron chi connectivity index (χ3n) is 6.88. The van der Waals surface area contributed by atoms with Crippen molar-refractivity contribution in [3.8, 4) is 0 Å². The zero-order chi connectivity index (χ0) is 23.9. The SMILES string of the molecule is C[C@H]1COCCN1c1nc(N2CCOC[C@@H]2C)c2ccc(C3=CC4C(=O)N=NC=C4C=C3)nc2n1. The zero-order valence-corrected chi connectivity index (χ0v) is 19.8. The van der Waals surface area contributed by atoms with Crippen LogP contribution in [0.5, 0.6) is 0 Å². The van der Waals surface area contributed by atoms with Crippen molar-refractivity contribution in [2.24, 2.45) is 16.1 Å². The van der Waals surface area contributed by atoms with Gasteiger partial charge in [-0.05, 0) is 37.1 Å². The molecule has 10 nitrogen and oxygen atoms in total. The lowest BCUT2D eigenvalue weighted by atomic mass is 9.89. The van der Waals surface area contributed by atoms with Crippen molar-refractivity contribution in [1.82, 2.24) is 15.0 Å². The van der Waals surface area contributed by atoms with Crippen LogP contribution in [-0.2, 0) is 14.3 Å². The molecule has 0 bridgehead atoms. The fourth-order valence-corrected chi connectivity index (χ4v) is 4.90. The molecule has 0 saturated carbocycles. The van der Waals surface area contributed by atoms with E-state index in [9.17, 15) is 4.79 Å². The van der Waals surface area contributed by atoms with Gasteiger partial charge in [0.2, 0.25) is 5.95 Å². The van der Waals surface area contributed by atoms with Crippen LogP contribution in [0.25, 0.3) is 16.6 Å². The lowest BCUT2D eigenvalue weighted by molar-refractivity contribution is -0.120. The number of hydrogen-bond acceptors (Lipinski definition) is 9. The highest BCUT2D eigenvalue weighted by atomic mass is 16.5. The highest BCUT2D eigenvalue weighted by Crippen LogP contribution is 2.33. The maximum Gasteiger partial charge on any atom is 0.275 e. The Bertz CT molecular complexity index is 1300. The highest BCUT2D eigenvalue weighted by Gasteiger charge is 2.29. The predicted octanol–water partition coefficient (Wildman–Crippen LogP) is 2.92. The first kappa shape index (κ1) is 22.0. The normalized spacial score (nSPS) is 26.6. The molecular weight excluding hydrogens is 446 g/mol. The molecule has 2 saturated heterocycles. The number of ether oxygens (including phenoxy) is 2. The number of carbonyl (C=O) groups excluding carboxylic acids is 1. The summed E-state index contributed by atoms with van der Waals surface area (Å²) < 4.78 is 11.3. The second kappa shape index (κ2) is 8.94. The van der Waals surface area contributed by atoms with Gasteiger partial charge in [-0.2, -0.15) is 15.1 Å². The molecule has 3 aliphatic heterocycles. The molecule has 1 unspecified atom stereocenters. The minimum Gasteiger partial charge on any atom is -0.377 e. The molecule has 1 amide bonds. The Hall–Kier alpha value is -3.50. The molecule has 0 aromatic carbocycles. The summed E-state index contributed by atoms with van der Waals surface area (Å²) in [5.41, 5.74) is 3.08. The van der Waals surface area contributed by atoms with E-state index in [4.69, 9.17) is 24.4 Å². The number of fused-ring (bicyclic) bond motifs is 2. The summed E-state index contributed by atoms with van der Waals surface area (Å²) in [4.78, 5) is 31.6. The minimum absolute atomic E-state index is 0.167. The van der Waals surface area contributed by atoms with E-state index in [0.29, 0.717) is 38.0 Å². The molecular formula is C25H27N7O3.